The molecular formula is C17H20N6O. The maximum atomic E-state index is 5.56. The predicted molar refractivity (Wildman–Crippen MR) is 88.5 cm³/mol. The molecule has 1 aliphatic rings. The van der Waals surface area contributed by atoms with Crippen LogP contribution in [0.15, 0.2) is 49.3 Å². The maximum absolute atomic E-state index is 5.56. The molecule has 1 aromatic carbocycles. The molecule has 1 aliphatic heterocycles. The van der Waals surface area contributed by atoms with Crippen LogP contribution in [0.25, 0.3) is 5.69 Å². The third-order valence-electron chi connectivity index (χ3n) is 4.57. The van der Waals surface area contributed by atoms with Crippen LogP contribution in [0.5, 0.6) is 0 Å². The van der Waals surface area contributed by atoms with Crippen molar-refractivity contribution in [1.29, 1.82) is 0 Å². The highest BCUT2D eigenvalue weighted by molar-refractivity contribution is 5.34. The Morgan fingerprint density at radius 1 is 1.29 bits per heavy atom. The third-order valence-corrected chi connectivity index (χ3v) is 4.57. The fourth-order valence-corrected chi connectivity index (χ4v) is 3.29. The van der Waals surface area contributed by atoms with Crippen molar-refractivity contribution >= 4 is 0 Å². The summed E-state index contributed by atoms with van der Waals surface area (Å²) in [7, 11) is 1.77. The van der Waals surface area contributed by atoms with Crippen molar-refractivity contribution in [1.82, 2.24) is 29.6 Å². The maximum Gasteiger partial charge on any atom is 0.141 e. The van der Waals surface area contributed by atoms with Crippen molar-refractivity contribution in [2.75, 3.05) is 13.7 Å². The first-order valence-electron chi connectivity index (χ1n) is 8.03. The standard InChI is InChI=1S/C17H20N6O/c1-24-15-8-16(17-19-11-20-21-17)23(10-15)9-13-2-4-14(5-3-13)22-7-6-18-12-22/h2-7,11-12,15-16H,8-10H2,1H3,(H,19,20,21)/t15-,16+/m1/s1. The second-order valence-electron chi connectivity index (χ2n) is 6.05. The minimum atomic E-state index is 0.214. The Morgan fingerprint density at radius 2 is 2.17 bits per heavy atom. The van der Waals surface area contributed by atoms with Gasteiger partial charge in [-0.2, -0.15) is 5.10 Å². The van der Waals surface area contributed by atoms with Crippen LogP contribution in [-0.4, -0.2) is 49.4 Å². The zero-order chi connectivity index (χ0) is 16.4. The van der Waals surface area contributed by atoms with Gasteiger partial charge in [-0.25, -0.2) is 9.97 Å². The number of hydrogen-bond acceptors (Lipinski definition) is 5. The van der Waals surface area contributed by atoms with E-state index in [1.165, 1.54) is 5.56 Å². The van der Waals surface area contributed by atoms with Crippen LogP contribution in [0, 0.1) is 0 Å². The molecule has 1 fully saturated rings. The van der Waals surface area contributed by atoms with Gasteiger partial charge in [0.2, 0.25) is 0 Å². The van der Waals surface area contributed by atoms with Crippen LogP contribution in [0.3, 0.4) is 0 Å². The van der Waals surface area contributed by atoms with E-state index >= 15 is 0 Å². The molecule has 0 saturated carbocycles. The molecule has 1 saturated heterocycles. The van der Waals surface area contributed by atoms with Crippen molar-refractivity contribution < 1.29 is 4.74 Å². The minimum absolute atomic E-state index is 0.214. The first-order valence-corrected chi connectivity index (χ1v) is 8.03. The molecule has 4 rings (SSSR count). The Kier molecular flexibility index (Phi) is 4.10. The molecule has 3 aromatic rings. The fraction of sp³-hybridized carbons (Fsp3) is 0.353. The van der Waals surface area contributed by atoms with E-state index in [1.807, 2.05) is 10.8 Å². The smallest absolute Gasteiger partial charge is 0.141 e. The summed E-state index contributed by atoms with van der Waals surface area (Å²) in [6.45, 7) is 1.75. The van der Waals surface area contributed by atoms with E-state index in [-0.39, 0.29) is 12.1 Å². The lowest BCUT2D eigenvalue weighted by Gasteiger charge is -2.22. The molecule has 2 atom stereocenters. The first kappa shape index (κ1) is 15.0. The van der Waals surface area contributed by atoms with E-state index < -0.39 is 0 Å². The zero-order valence-corrected chi connectivity index (χ0v) is 13.5. The highest BCUT2D eigenvalue weighted by atomic mass is 16.5. The number of nitrogens with zero attached hydrogens (tertiary/aromatic N) is 5. The van der Waals surface area contributed by atoms with Crippen LogP contribution in [0.4, 0.5) is 0 Å². The molecule has 7 heteroatoms. The fourth-order valence-electron chi connectivity index (χ4n) is 3.29. The number of nitrogens with one attached hydrogen (secondary N) is 1. The lowest BCUT2D eigenvalue weighted by molar-refractivity contribution is 0.107. The van der Waals surface area contributed by atoms with Gasteiger partial charge in [0.15, 0.2) is 0 Å². The van der Waals surface area contributed by atoms with Gasteiger partial charge in [0, 0.05) is 38.3 Å². The summed E-state index contributed by atoms with van der Waals surface area (Å²) in [5.41, 5.74) is 2.37. The number of likely N-dealkylation sites (tertiary alicyclic amines) is 1. The van der Waals surface area contributed by atoms with Gasteiger partial charge in [-0.1, -0.05) is 12.1 Å². The van der Waals surface area contributed by atoms with Crippen molar-refractivity contribution in [2.24, 2.45) is 0 Å². The Hall–Kier alpha value is -2.51. The quantitative estimate of drug-likeness (QED) is 0.777. The van der Waals surface area contributed by atoms with Crippen molar-refractivity contribution in [3.8, 4) is 5.69 Å². The Balaban J connectivity index is 1.50. The van der Waals surface area contributed by atoms with E-state index in [2.05, 4.69) is 49.3 Å². The summed E-state index contributed by atoms with van der Waals surface area (Å²) in [6.07, 6.45) is 8.25. The Bertz CT molecular complexity index is 753. The highest BCUT2D eigenvalue weighted by Crippen LogP contribution is 2.32. The normalized spacial score (nSPS) is 21.4. The summed E-state index contributed by atoms with van der Waals surface area (Å²) < 4.78 is 7.56. The Labute approximate surface area is 140 Å². The number of imidazole rings is 1. The monoisotopic (exact) mass is 324 g/mol. The average Bonchev–Trinajstić information content (AvgIpc) is 3.36. The minimum Gasteiger partial charge on any atom is -0.380 e. The second kappa shape index (κ2) is 6.54. The summed E-state index contributed by atoms with van der Waals surface area (Å²) in [4.78, 5) is 10.8. The second-order valence-corrected chi connectivity index (χ2v) is 6.05. The van der Waals surface area contributed by atoms with E-state index in [9.17, 15) is 0 Å². The van der Waals surface area contributed by atoms with Crippen LogP contribution in [-0.2, 0) is 11.3 Å². The van der Waals surface area contributed by atoms with Crippen LogP contribution in [0.2, 0.25) is 0 Å². The van der Waals surface area contributed by atoms with Gasteiger partial charge >= 0.3 is 0 Å². The van der Waals surface area contributed by atoms with Gasteiger partial charge in [-0.3, -0.25) is 10.00 Å². The van der Waals surface area contributed by atoms with Crippen LogP contribution in [0.1, 0.15) is 23.9 Å². The molecule has 0 spiro atoms. The predicted octanol–water partition coefficient (Wildman–Crippen LogP) is 1.95. The van der Waals surface area contributed by atoms with E-state index in [4.69, 9.17) is 4.74 Å². The number of rotatable bonds is 5. The molecule has 0 radical (unpaired) electrons. The van der Waals surface area contributed by atoms with Gasteiger partial charge in [-0.05, 0) is 24.1 Å². The average molecular weight is 324 g/mol. The van der Waals surface area contributed by atoms with Crippen LogP contribution < -0.4 is 0 Å². The number of ether oxygens (including phenoxy) is 1. The molecule has 0 amide bonds. The molecule has 24 heavy (non-hydrogen) atoms. The molecular weight excluding hydrogens is 304 g/mol. The number of H-pyrrole nitrogens is 1. The van der Waals surface area contributed by atoms with Gasteiger partial charge in [0.05, 0.1) is 18.5 Å². The van der Waals surface area contributed by atoms with Gasteiger partial charge < -0.3 is 9.30 Å². The van der Waals surface area contributed by atoms with Gasteiger partial charge in [0.1, 0.15) is 12.2 Å². The molecule has 0 aliphatic carbocycles. The number of aromatic amines is 1. The third kappa shape index (κ3) is 2.95. The van der Waals surface area contributed by atoms with Crippen molar-refractivity contribution in [3.63, 3.8) is 0 Å². The van der Waals surface area contributed by atoms with E-state index in [0.29, 0.717) is 0 Å². The molecule has 0 bridgehead atoms. The topological polar surface area (TPSA) is 71.9 Å². The summed E-state index contributed by atoms with van der Waals surface area (Å²) in [6, 6.07) is 8.76. The lowest BCUT2D eigenvalue weighted by Crippen LogP contribution is -2.25. The van der Waals surface area contributed by atoms with Gasteiger partial charge in [-0.15, -0.1) is 0 Å². The Morgan fingerprint density at radius 3 is 2.83 bits per heavy atom. The van der Waals surface area contributed by atoms with Gasteiger partial charge in [0.25, 0.3) is 0 Å². The number of benzene rings is 1. The molecule has 2 aromatic heterocycles. The lowest BCUT2D eigenvalue weighted by atomic mass is 10.1. The van der Waals surface area contributed by atoms with Crippen molar-refractivity contribution in [2.45, 2.75) is 25.1 Å². The van der Waals surface area contributed by atoms with Crippen molar-refractivity contribution in [3.05, 3.63) is 60.7 Å². The largest absolute Gasteiger partial charge is 0.380 e. The molecule has 0 unspecified atom stereocenters. The number of methoxy groups -OCH3 is 1. The summed E-state index contributed by atoms with van der Waals surface area (Å²) in [5.74, 6) is 0.907. The molecule has 7 nitrogen and oxygen atoms in total. The molecule has 1 N–H and O–H groups in total. The summed E-state index contributed by atoms with van der Waals surface area (Å²) >= 11 is 0. The molecule has 124 valence electrons. The summed E-state index contributed by atoms with van der Waals surface area (Å²) in [5, 5.41) is 6.99. The molecule has 3 heterocycles. The first-order chi connectivity index (χ1) is 11.8. The highest BCUT2D eigenvalue weighted by Gasteiger charge is 2.34. The van der Waals surface area contributed by atoms with Crippen LogP contribution >= 0.6 is 0 Å². The van der Waals surface area contributed by atoms with E-state index in [0.717, 1.165) is 31.0 Å². The number of aromatic nitrogens is 5. The SMILES string of the molecule is CO[C@@H]1C[C@@H](c2ncn[nH]2)N(Cc2ccc(-n3ccnc3)cc2)C1. The zero-order valence-electron chi connectivity index (χ0n) is 13.5. The number of hydrogen-bond donors (Lipinski definition) is 1. The van der Waals surface area contributed by atoms with E-state index in [1.54, 1.807) is 26.0 Å².